The van der Waals surface area contributed by atoms with Crippen LogP contribution in [0.5, 0.6) is 0 Å². The molecule has 1 aliphatic rings. The Hall–Kier alpha value is -2.54. The highest BCUT2D eigenvalue weighted by Crippen LogP contribution is 2.32. The summed E-state index contributed by atoms with van der Waals surface area (Å²) in [6.45, 7) is 2.85. The number of likely N-dealkylation sites (tertiary alicyclic amines) is 1. The number of amides is 1. The number of aryl methyl sites for hydroxylation is 1. The highest BCUT2D eigenvalue weighted by molar-refractivity contribution is 6.36. The Labute approximate surface area is 147 Å². The van der Waals surface area contributed by atoms with Crippen LogP contribution in [0.2, 0.25) is 5.02 Å². The van der Waals surface area contributed by atoms with Gasteiger partial charge in [0.05, 0.1) is 21.6 Å². The third-order valence-electron chi connectivity index (χ3n) is 4.82. The van der Waals surface area contributed by atoms with Crippen molar-refractivity contribution in [2.24, 2.45) is 0 Å². The first-order valence-corrected chi connectivity index (χ1v) is 8.51. The number of H-pyrrole nitrogens is 1. The summed E-state index contributed by atoms with van der Waals surface area (Å²) in [5.74, 6) is 0.0783. The maximum atomic E-state index is 12.2. The zero-order valence-electron chi connectivity index (χ0n) is 13.6. The molecule has 130 valence electrons. The van der Waals surface area contributed by atoms with Crippen LogP contribution >= 0.6 is 11.6 Å². The number of rotatable bonds is 1. The SMILES string of the molecule is Cc1cc(Cl)c2c(c1)nn1c(C3CCN(C(=O)O)CC3)cc(=O)[nH]c21. The maximum Gasteiger partial charge on any atom is 0.407 e. The van der Waals surface area contributed by atoms with Crippen molar-refractivity contribution in [1.29, 1.82) is 0 Å². The maximum absolute atomic E-state index is 12.2. The number of aromatic nitrogens is 3. The number of hydrogen-bond donors (Lipinski definition) is 2. The van der Waals surface area contributed by atoms with Gasteiger partial charge in [-0.25, -0.2) is 9.31 Å². The molecule has 1 saturated heterocycles. The molecule has 1 aliphatic heterocycles. The quantitative estimate of drug-likeness (QED) is 0.698. The second-order valence-electron chi connectivity index (χ2n) is 6.50. The van der Waals surface area contributed by atoms with E-state index in [0.29, 0.717) is 36.6 Å². The first kappa shape index (κ1) is 16.0. The summed E-state index contributed by atoms with van der Waals surface area (Å²) < 4.78 is 1.75. The molecule has 2 N–H and O–H groups in total. The molecule has 4 rings (SSSR count). The minimum absolute atomic E-state index is 0.0783. The monoisotopic (exact) mass is 360 g/mol. The minimum atomic E-state index is -0.901. The third-order valence-corrected chi connectivity index (χ3v) is 5.12. The van der Waals surface area contributed by atoms with Gasteiger partial charge in [-0.15, -0.1) is 0 Å². The second-order valence-corrected chi connectivity index (χ2v) is 6.91. The van der Waals surface area contributed by atoms with Gasteiger partial charge in [-0.05, 0) is 37.5 Å². The van der Waals surface area contributed by atoms with E-state index in [4.69, 9.17) is 16.7 Å². The van der Waals surface area contributed by atoms with Crippen molar-refractivity contribution in [3.05, 3.63) is 44.8 Å². The summed E-state index contributed by atoms with van der Waals surface area (Å²) >= 11 is 6.38. The average molecular weight is 361 g/mol. The van der Waals surface area contributed by atoms with Crippen molar-refractivity contribution in [2.75, 3.05) is 13.1 Å². The number of fused-ring (bicyclic) bond motifs is 3. The van der Waals surface area contributed by atoms with Crippen LogP contribution in [0.15, 0.2) is 23.0 Å². The normalized spacial score (nSPS) is 16.0. The molecule has 8 heteroatoms. The third kappa shape index (κ3) is 2.64. The summed E-state index contributed by atoms with van der Waals surface area (Å²) in [6.07, 6.45) is 0.420. The molecule has 1 fully saturated rings. The summed E-state index contributed by atoms with van der Waals surface area (Å²) in [7, 11) is 0. The number of aromatic amines is 1. The van der Waals surface area contributed by atoms with E-state index in [1.165, 1.54) is 4.90 Å². The van der Waals surface area contributed by atoms with Gasteiger partial charge >= 0.3 is 6.09 Å². The largest absolute Gasteiger partial charge is 0.465 e. The molecule has 1 amide bonds. The summed E-state index contributed by atoms with van der Waals surface area (Å²) in [6, 6.07) is 5.34. The topological polar surface area (TPSA) is 90.7 Å². The molecular formula is C17H17ClN4O3. The Kier molecular flexibility index (Phi) is 3.68. The van der Waals surface area contributed by atoms with E-state index >= 15 is 0 Å². The van der Waals surface area contributed by atoms with Gasteiger partial charge in [-0.2, -0.15) is 5.10 Å². The lowest BCUT2D eigenvalue weighted by Gasteiger charge is -2.30. The molecule has 2 aromatic heterocycles. The standard InChI is InChI=1S/C17H17ClN4O3/c1-9-6-11(18)15-12(7-9)20-22-13(8-14(23)19-16(15)22)10-2-4-21(5-3-10)17(24)25/h6-8,10H,2-5H2,1H3,(H,19,23)(H,24,25). The fraction of sp³-hybridized carbons (Fsp3) is 0.353. The molecule has 0 saturated carbocycles. The van der Waals surface area contributed by atoms with Crippen molar-refractivity contribution in [1.82, 2.24) is 19.5 Å². The summed E-state index contributed by atoms with van der Waals surface area (Å²) in [4.78, 5) is 27.5. The summed E-state index contributed by atoms with van der Waals surface area (Å²) in [5.41, 5.74) is 2.91. The molecule has 0 atom stereocenters. The molecule has 0 bridgehead atoms. The first-order chi connectivity index (χ1) is 11.9. The molecule has 3 heterocycles. The lowest BCUT2D eigenvalue weighted by molar-refractivity contribution is 0.131. The van der Waals surface area contributed by atoms with Crippen LogP contribution in [-0.2, 0) is 0 Å². The van der Waals surface area contributed by atoms with Gasteiger partial charge in [0.2, 0.25) is 0 Å². The van der Waals surface area contributed by atoms with Crippen LogP contribution in [-0.4, -0.2) is 43.8 Å². The van der Waals surface area contributed by atoms with Crippen LogP contribution in [0.1, 0.15) is 30.0 Å². The number of nitrogens with zero attached hydrogens (tertiary/aromatic N) is 3. The zero-order valence-corrected chi connectivity index (χ0v) is 14.4. The molecule has 3 aromatic rings. The van der Waals surface area contributed by atoms with Crippen LogP contribution < -0.4 is 5.56 Å². The smallest absolute Gasteiger partial charge is 0.407 e. The molecule has 0 spiro atoms. The van der Waals surface area contributed by atoms with Crippen LogP contribution in [0, 0.1) is 6.92 Å². The van der Waals surface area contributed by atoms with Gasteiger partial charge in [-0.1, -0.05) is 11.6 Å². The fourth-order valence-electron chi connectivity index (χ4n) is 3.61. The molecule has 0 radical (unpaired) electrons. The Morgan fingerprint density at radius 1 is 1.32 bits per heavy atom. The number of benzene rings is 1. The van der Waals surface area contributed by atoms with E-state index in [2.05, 4.69) is 10.1 Å². The Bertz CT molecular complexity index is 1050. The lowest BCUT2D eigenvalue weighted by Crippen LogP contribution is -2.37. The minimum Gasteiger partial charge on any atom is -0.465 e. The van der Waals surface area contributed by atoms with Gasteiger partial charge in [0.25, 0.3) is 5.56 Å². The summed E-state index contributed by atoms with van der Waals surface area (Å²) in [5, 5.41) is 15.0. The van der Waals surface area contributed by atoms with E-state index in [0.717, 1.165) is 22.2 Å². The number of halogens is 1. The van der Waals surface area contributed by atoms with E-state index in [-0.39, 0.29) is 11.5 Å². The Balaban J connectivity index is 1.86. The lowest BCUT2D eigenvalue weighted by atomic mass is 9.93. The first-order valence-electron chi connectivity index (χ1n) is 8.13. The van der Waals surface area contributed by atoms with Crippen molar-refractivity contribution in [2.45, 2.75) is 25.7 Å². The predicted molar refractivity (Wildman–Crippen MR) is 94.6 cm³/mol. The number of nitrogens with one attached hydrogen (secondary N) is 1. The van der Waals surface area contributed by atoms with Crippen molar-refractivity contribution < 1.29 is 9.90 Å². The van der Waals surface area contributed by atoms with Crippen molar-refractivity contribution >= 4 is 34.2 Å². The van der Waals surface area contributed by atoms with Gasteiger partial charge in [0, 0.05) is 25.1 Å². The van der Waals surface area contributed by atoms with E-state index in [1.807, 2.05) is 19.1 Å². The second kappa shape index (κ2) is 5.77. The average Bonchev–Trinajstić information content (AvgIpc) is 2.92. The molecule has 0 aliphatic carbocycles. The molecule has 0 unspecified atom stereocenters. The predicted octanol–water partition coefficient (Wildman–Crippen LogP) is 3.00. The highest BCUT2D eigenvalue weighted by atomic mass is 35.5. The Morgan fingerprint density at radius 2 is 2.04 bits per heavy atom. The fourth-order valence-corrected chi connectivity index (χ4v) is 3.97. The number of piperidine rings is 1. The number of carbonyl (C=O) groups is 1. The zero-order chi connectivity index (χ0) is 17.7. The number of hydrogen-bond acceptors (Lipinski definition) is 3. The highest BCUT2D eigenvalue weighted by Gasteiger charge is 2.26. The van der Waals surface area contributed by atoms with E-state index in [1.54, 1.807) is 10.6 Å². The van der Waals surface area contributed by atoms with Gasteiger partial charge in [0.15, 0.2) is 0 Å². The Morgan fingerprint density at radius 3 is 2.72 bits per heavy atom. The molecular weight excluding hydrogens is 344 g/mol. The van der Waals surface area contributed by atoms with Crippen LogP contribution in [0.3, 0.4) is 0 Å². The van der Waals surface area contributed by atoms with Gasteiger partial charge in [-0.3, -0.25) is 4.79 Å². The molecule has 7 nitrogen and oxygen atoms in total. The van der Waals surface area contributed by atoms with E-state index in [9.17, 15) is 9.59 Å². The van der Waals surface area contributed by atoms with Crippen LogP contribution in [0.25, 0.3) is 16.6 Å². The van der Waals surface area contributed by atoms with Crippen molar-refractivity contribution in [3.63, 3.8) is 0 Å². The van der Waals surface area contributed by atoms with Crippen molar-refractivity contribution in [3.8, 4) is 0 Å². The molecule has 1 aromatic carbocycles. The number of carboxylic acid groups (broad SMARTS) is 1. The van der Waals surface area contributed by atoms with Gasteiger partial charge < -0.3 is 15.0 Å². The van der Waals surface area contributed by atoms with E-state index < -0.39 is 6.09 Å². The van der Waals surface area contributed by atoms with Crippen LogP contribution in [0.4, 0.5) is 4.79 Å². The van der Waals surface area contributed by atoms with Gasteiger partial charge in [0.1, 0.15) is 5.65 Å². The molecule has 25 heavy (non-hydrogen) atoms.